The zero-order valence-corrected chi connectivity index (χ0v) is 25.7. The van der Waals surface area contributed by atoms with Crippen molar-refractivity contribution in [2.75, 3.05) is 67.6 Å². The van der Waals surface area contributed by atoms with Crippen LogP contribution in [0.4, 0.5) is 0 Å². The molecule has 13 heteroatoms. The summed E-state index contributed by atoms with van der Waals surface area (Å²) in [6, 6.07) is 0. The smallest absolute Gasteiger partial charge is 0.325 e. The highest BCUT2D eigenvalue weighted by molar-refractivity contribution is 7.79. The zero-order valence-electron chi connectivity index (χ0n) is 24.8. The lowest BCUT2D eigenvalue weighted by Gasteiger charge is -2.39. The number of methoxy groups -OCH3 is 3. The highest BCUT2D eigenvalue weighted by Gasteiger charge is 2.43. The number of ether oxygens (including phenoxy) is 5. The largest absolute Gasteiger partial charge is 0.468 e. The van der Waals surface area contributed by atoms with Crippen LogP contribution >= 0.6 is 12.6 Å². The highest BCUT2D eigenvalue weighted by Crippen LogP contribution is 2.39. The summed E-state index contributed by atoms with van der Waals surface area (Å²) in [4.78, 5) is 55.0. The minimum atomic E-state index is -0.611. The van der Waals surface area contributed by atoms with Gasteiger partial charge in [0.15, 0.2) is 0 Å². The van der Waals surface area contributed by atoms with Crippen molar-refractivity contribution < 1.29 is 47.7 Å². The number of esters is 1. The number of epoxide rings is 1. The van der Waals surface area contributed by atoms with Crippen molar-refractivity contribution in [2.24, 2.45) is 11.3 Å². The number of hydrogen-bond acceptors (Lipinski definition) is 11. The summed E-state index contributed by atoms with van der Waals surface area (Å²) in [6.07, 6.45) is 12.6. The second kappa shape index (κ2) is 18.8. The number of hydrogen-bond donors (Lipinski definition) is 1. The molecular weight excluding hydrogens is 556 g/mol. The van der Waals surface area contributed by atoms with E-state index in [1.807, 2.05) is 0 Å². The van der Waals surface area contributed by atoms with Gasteiger partial charge in [-0.1, -0.05) is 6.92 Å². The normalized spacial score (nSPS) is 24.3. The number of carbonyl (C=O) groups is 5. The zero-order chi connectivity index (χ0) is 31.0. The van der Waals surface area contributed by atoms with Gasteiger partial charge in [0.25, 0.3) is 23.6 Å². The Hall–Kier alpha value is -2.58. The molecule has 3 fully saturated rings. The lowest BCUT2D eigenvalue weighted by molar-refractivity contribution is -0.149. The minimum Gasteiger partial charge on any atom is -0.468 e. The molecule has 0 N–H and O–H groups in total. The Labute approximate surface area is 247 Å². The van der Waals surface area contributed by atoms with Crippen LogP contribution in [0.1, 0.15) is 32.6 Å². The molecule has 2 saturated heterocycles. The molecule has 0 radical (unpaired) electrons. The number of nitrogens with zero attached hydrogens (tertiary/aromatic N) is 2. The molecule has 0 aromatic heterocycles. The van der Waals surface area contributed by atoms with E-state index in [2.05, 4.69) is 24.3 Å². The van der Waals surface area contributed by atoms with E-state index < -0.39 is 17.8 Å². The fourth-order valence-corrected chi connectivity index (χ4v) is 4.22. The summed E-state index contributed by atoms with van der Waals surface area (Å²) in [6.45, 7) is 5.41. The van der Waals surface area contributed by atoms with Gasteiger partial charge in [-0.2, -0.15) is 12.6 Å². The van der Waals surface area contributed by atoms with Gasteiger partial charge in [0.05, 0.1) is 39.1 Å². The number of imide groups is 2. The summed E-state index contributed by atoms with van der Waals surface area (Å²) in [5, 5.41) is 0. The summed E-state index contributed by atoms with van der Waals surface area (Å²) >= 11 is 3.53. The van der Waals surface area contributed by atoms with Gasteiger partial charge in [0.1, 0.15) is 6.54 Å². The summed E-state index contributed by atoms with van der Waals surface area (Å²) < 4.78 is 24.9. The fraction of sp³-hybridized carbons (Fsp3) is 0.679. The number of rotatable bonds is 7. The van der Waals surface area contributed by atoms with E-state index in [0.717, 1.165) is 54.3 Å². The van der Waals surface area contributed by atoms with E-state index in [1.54, 1.807) is 20.5 Å². The van der Waals surface area contributed by atoms with Crippen LogP contribution in [0.25, 0.3) is 0 Å². The van der Waals surface area contributed by atoms with Crippen LogP contribution in [0.5, 0.6) is 0 Å². The van der Waals surface area contributed by atoms with Gasteiger partial charge in [-0.25, -0.2) is 0 Å². The molecule has 1 aliphatic carbocycles. The predicted octanol–water partition coefficient (Wildman–Crippen LogP) is 1.43. The number of thiol groups is 1. The van der Waals surface area contributed by atoms with E-state index in [9.17, 15) is 24.0 Å². The maximum Gasteiger partial charge on any atom is 0.325 e. The van der Waals surface area contributed by atoms with Gasteiger partial charge >= 0.3 is 5.97 Å². The molecule has 4 amide bonds. The Morgan fingerprint density at radius 3 is 1.83 bits per heavy atom. The number of likely N-dealkylation sites (N-methyl/N-ethyl adjacent to an activating group) is 1. The third kappa shape index (κ3) is 12.0. The van der Waals surface area contributed by atoms with Crippen molar-refractivity contribution in [3.8, 4) is 0 Å². The molecule has 232 valence electrons. The number of carbonyl (C=O) groups excluding carboxylic acids is 5. The quantitative estimate of drug-likeness (QED) is 0.197. The molecule has 12 nitrogen and oxygen atoms in total. The van der Waals surface area contributed by atoms with Gasteiger partial charge in [0.2, 0.25) is 0 Å². The maximum absolute atomic E-state index is 10.8. The van der Waals surface area contributed by atoms with E-state index in [1.165, 1.54) is 52.0 Å². The van der Waals surface area contributed by atoms with E-state index in [4.69, 9.17) is 18.9 Å². The van der Waals surface area contributed by atoms with Crippen molar-refractivity contribution in [1.29, 1.82) is 0 Å². The summed E-state index contributed by atoms with van der Waals surface area (Å²) in [5.74, 6) is -1.28. The average Bonchev–Trinajstić information content (AvgIpc) is 3.60. The second-order valence-corrected chi connectivity index (χ2v) is 9.87. The molecule has 4 aliphatic heterocycles. The standard InChI is InChI=1S/C8H14O2.C7H7NO4.C7H14O2.C5H5NO2.CH4S/c1-9-5-6-2-3-7-8(4-6)10-7;1-12-7(11)4-8-5(9)2-3-6(8)10;1-3-7(4-8-2)5-9-6-7;1-6-4(7)2-3-5(6)8;1-2/h6-8H,2-5H2,1H3;2-3H,4H2,1H3;3-6H2,1-2H3;2-3H,1H3;2H,1H3. The lowest BCUT2D eigenvalue weighted by atomic mass is 9.84. The molecule has 0 aromatic carbocycles. The van der Waals surface area contributed by atoms with Crippen LogP contribution < -0.4 is 0 Å². The van der Waals surface area contributed by atoms with Crippen LogP contribution in [0, 0.1) is 11.3 Å². The first-order valence-corrected chi connectivity index (χ1v) is 14.2. The van der Waals surface area contributed by atoms with Gasteiger partial charge in [0, 0.05) is 57.6 Å². The second-order valence-electron chi connectivity index (χ2n) is 9.87. The maximum atomic E-state index is 10.8. The van der Waals surface area contributed by atoms with Crippen LogP contribution in [-0.4, -0.2) is 119 Å². The monoisotopic (exact) mass is 600 g/mol. The van der Waals surface area contributed by atoms with Crippen molar-refractivity contribution in [3.63, 3.8) is 0 Å². The molecule has 4 heterocycles. The fourth-order valence-electron chi connectivity index (χ4n) is 4.22. The van der Waals surface area contributed by atoms with E-state index in [-0.39, 0.29) is 18.4 Å². The van der Waals surface area contributed by atoms with Gasteiger partial charge in [-0.15, -0.1) is 0 Å². The van der Waals surface area contributed by atoms with Gasteiger partial charge < -0.3 is 23.7 Å². The van der Waals surface area contributed by atoms with Crippen LogP contribution in [0.15, 0.2) is 24.3 Å². The van der Waals surface area contributed by atoms with Crippen molar-refractivity contribution in [3.05, 3.63) is 24.3 Å². The van der Waals surface area contributed by atoms with Crippen molar-refractivity contribution >= 4 is 42.2 Å². The molecule has 3 unspecified atom stereocenters. The Morgan fingerprint density at radius 1 is 0.927 bits per heavy atom. The van der Waals surface area contributed by atoms with Crippen LogP contribution in [0.3, 0.4) is 0 Å². The lowest BCUT2D eigenvalue weighted by Crippen LogP contribution is -2.45. The molecule has 5 aliphatic rings. The SMILES string of the molecule is CCC1(COC)COC1.CN1C(=O)C=CC1=O.COC(=O)CN1C(=O)C=CC1=O.COCC1CCC2OC2C1.CS. The van der Waals surface area contributed by atoms with Crippen LogP contribution in [0.2, 0.25) is 0 Å². The van der Waals surface area contributed by atoms with Gasteiger partial charge in [-0.3, -0.25) is 33.8 Å². The average molecular weight is 601 g/mol. The highest BCUT2D eigenvalue weighted by atomic mass is 32.1. The predicted molar refractivity (Wildman–Crippen MR) is 153 cm³/mol. The molecule has 5 rings (SSSR count). The first-order valence-electron chi connectivity index (χ1n) is 13.4. The molecule has 0 aromatic rings. The molecule has 0 spiro atoms. The van der Waals surface area contributed by atoms with E-state index in [0.29, 0.717) is 17.6 Å². The third-order valence-electron chi connectivity index (χ3n) is 6.98. The Morgan fingerprint density at radius 2 is 1.49 bits per heavy atom. The molecule has 3 atom stereocenters. The Balaban J connectivity index is 0.000000270. The first-order chi connectivity index (χ1) is 19.6. The summed E-state index contributed by atoms with van der Waals surface area (Å²) in [7, 11) is 6.17. The minimum absolute atomic E-state index is 0.241. The molecular formula is C28H44N2O10S. The van der Waals surface area contributed by atoms with Crippen molar-refractivity contribution in [2.45, 2.75) is 44.8 Å². The molecule has 41 heavy (non-hydrogen) atoms. The third-order valence-corrected chi connectivity index (χ3v) is 6.98. The number of amides is 4. The van der Waals surface area contributed by atoms with Crippen molar-refractivity contribution in [1.82, 2.24) is 9.80 Å². The molecule has 0 bridgehead atoms. The first kappa shape index (κ1) is 36.4. The van der Waals surface area contributed by atoms with Crippen LogP contribution in [-0.2, 0) is 47.7 Å². The molecule has 1 saturated carbocycles. The van der Waals surface area contributed by atoms with E-state index >= 15 is 0 Å². The number of fused-ring (bicyclic) bond motifs is 1. The summed E-state index contributed by atoms with van der Waals surface area (Å²) in [5.41, 5.74) is 0.370. The Kier molecular flexibility index (Phi) is 16.7. The Bertz CT molecular complexity index is 909. The van der Waals surface area contributed by atoms with Gasteiger partial charge in [-0.05, 0) is 37.9 Å². The topological polar surface area (TPSA) is 141 Å².